The summed E-state index contributed by atoms with van der Waals surface area (Å²) in [5.41, 5.74) is -6.52. The molecule has 3 N–H and O–H groups in total. The highest BCUT2D eigenvalue weighted by Crippen LogP contribution is 2.44. The normalized spacial score (nSPS) is 19.6. The number of urea groups is 4. The van der Waals surface area contributed by atoms with E-state index in [-0.39, 0.29) is 55.5 Å². The van der Waals surface area contributed by atoms with Gasteiger partial charge in [0.1, 0.15) is 12.3 Å². The molecule has 0 unspecified atom stereocenters. The van der Waals surface area contributed by atoms with Gasteiger partial charge in [0.05, 0.1) is 85.5 Å². The summed E-state index contributed by atoms with van der Waals surface area (Å²) in [5, 5.41) is 28.8. The first-order valence-electron chi connectivity index (χ1n) is 24.9. The first-order valence-corrected chi connectivity index (χ1v) is 24.9. The van der Waals surface area contributed by atoms with Crippen LogP contribution < -0.4 is 19.6 Å². The second kappa shape index (κ2) is 26.3. The summed E-state index contributed by atoms with van der Waals surface area (Å²) in [4.78, 5) is 80.2. The Morgan fingerprint density at radius 1 is 0.465 bits per heavy atom. The Morgan fingerprint density at radius 3 is 0.988 bits per heavy atom. The van der Waals surface area contributed by atoms with Crippen molar-refractivity contribution in [2.45, 2.75) is 74.9 Å². The molecule has 0 bridgehead atoms. The molecule has 0 aliphatic carbocycles. The van der Waals surface area contributed by atoms with E-state index >= 15 is 0 Å². The van der Waals surface area contributed by atoms with E-state index in [1.807, 2.05) is 0 Å². The van der Waals surface area contributed by atoms with Crippen molar-refractivity contribution in [2.75, 3.05) is 80.6 Å². The maximum absolute atomic E-state index is 13.0. The van der Waals surface area contributed by atoms with Crippen LogP contribution in [0.3, 0.4) is 0 Å². The first kappa shape index (κ1) is 67.4. The SMILES string of the molecule is [C-]#[N+]c1ccc(N2C(=O)N(C)C[C@@H]2C=O)cc1C(F)(F)F.[C-]#[N+]c1ccc(N2C(=O)N(C)C[C@@H]2CO)cc1C(F)(F)F.[C-]#[N+]c1ccc(N2C(=O)N(C)C[C@@H]2[C@@H](C)O)cc1C(F)(F)F.[C-]#[N+]c1ccc(N2C(=O)N(C)C[C@@H]2[C@H](C)O)cc1C(F)(F)F. The number of rotatable bonds is 8. The lowest BCUT2D eigenvalue weighted by atomic mass is 10.1. The van der Waals surface area contributed by atoms with Gasteiger partial charge in [-0.1, -0.05) is 24.3 Å². The van der Waals surface area contributed by atoms with Crippen LogP contribution in [-0.4, -0.2) is 163 Å². The number of carbonyl (C=O) groups excluding carboxylic acids is 5. The van der Waals surface area contributed by atoms with Crippen LogP contribution in [0.15, 0.2) is 72.8 Å². The number of benzene rings is 4. The van der Waals surface area contributed by atoms with Gasteiger partial charge < -0.3 is 39.7 Å². The molecule has 8 rings (SSSR count). The third kappa shape index (κ3) is 14.6. The van der Waals surface area contributed by atoms with Gasteiger partial charge in [-0.25, -0.2) is 38.6 Å². The predicted molar refractivity (Wildman–Crippen MR) is 285 cm³/mol. The zero-order valence-electron chi connectivity index (χ0n) is 45.8. The Labute approximate surface area is 482 Å². The Kier molecular flexibility index (Phi) is 20.6. The molecule has 6 atom stereocenters. The minimum atomic E-state index is -4.71. The van der Waals surface area contributed by atoms with Gasteiger partial charge in [-0.2, -0.15) is 52.7 Å². The number of aliphatic hydroxyl groups is 3. The summed E-state index contributed by atoms with van der Waals surface area (Å²) in [5.74, 6) is 0. The van der Waals surface area contributed by atoms with Crippen molar-refractivity contribution in [1.82, 2.24) is 19.6 Å². The lowest BCUT2D eigenvalue weighted by Crippen LogP contribution is -2.41. The Hall–Kier alpha value is -9.37. The summed E-state index contributed by atoms with van der Waals surface area (Å²) in [6.07, 6.45) is -20.1. The topological polar surface area (TPSA) is 189 Å². The molecular formula is C54H50F12N12O8. The number of halogens is 12. The zero-order chi connectivity index (χ0) is 64.9. The van der Waals surface area contributed by atoms with E-state index in [4.69, 9.17) is 26.3 Å². The summed E-state index contributed by atoms with van der Waals surface area (Å²) < 4.78 is 156. The van der Waals surface area contributed by atoms with Gasteiger partial charge in [0, 0.05) is 77.1 Å². The molecule has 0 aromatic heterocycles. The van der Waals surface area contributed by atoms with Gasteiger partial charge in [0.15, 0.2) is 22.7 Å². The Morgan fingerprint density at radius 2 is 0.721 bits per heavy atom. The lowest BCUT2D eigenvalue weighted by Gasteiger charge is -2.26. The number of alkyl halides is 12. The molecule has 4 aliphatic heterocycles. The average Bonchev–Trinajstić information content (AvgIpc) is 2.70. The van der Waals surface area contributed by atoms with Crippen LogP contribution >= 0.6 is 0 Å². The molecule has 0 radical (unpaired) electrons. The van der Waals surface area contributed by atoms with Crippen LogP contribution in [0, 0.1) is 26.3 Å². The lowest BCUT2D eigenvalue weighted by molar-refractivity contribution is -0.137. The largest absolute Gasteiger partial charge is 0.407 e. The van der Waals surface area contributed by atoms with E-state index < -0.39 is 130 Å². The van der Waals surface area contributed by atoms with Gasteiger partial charge in [-0.15, -0.1) is 0 Å². The highest BCUT2D eigenvalue weighted by atomic mass is 19.4. The van der Waals surface area contributed by atoms with Crippen LogP contribution in [0.4, 0.5) is 117 Å². The van der Waals surface area contributed by atoms with Gasteiger partial charge in [-0.3, -0.25) is 19.6 Å². The van der Waals surface area contributed by atoms with Crippen molar-refractivity contribution in [3.8, 4) is 0 Å². The third-order valence-corrected chi connectivity index (χ3v) is 13.6. The zero-order valence-corrected chi connectivity index (χ0v) is 45.8. The van der Waals surface area contributed by atoms with Crippen LogP contribution in [-0.2, 0) is 29.5 Å². The van der Waals surface area contributed by atoms with Crippen LogP contribution in [0.25, 0.3) is 19.4 Å². The van der Waals surface area contributed by atoms with Crippen molar-refractivity contribution in [2.24, 2.45) is 0 Å². The molecule has 4 aliphatic rings. The first-order chi connectivity index (χ1) is 39.9. The number of nitrogens with zero attached hydrogens (tertiary/aromatic N) is 12. The maximum atomic E-state index is 13.0. The monoisotopic (exact) mass is 1220 g/mol. The number of hydrogen-bond donors (Lipinski definition) is 3. The van der Waals surface area contributed by atoms with Crippen molar-refractivity contribution in [3.05, 3.63) is 141 Å². The molecular weight excluding hydrogens is 1170 g/mol. The van der Waals surface area contributed by atoms with Crippen molar-refractivity contribution < 1.29 is 92.0 Å². The second-order valence-electron chi connectivity index (χ2n) is 19.5. The third-order valence-electron chi connectivity index (χ3n) is 13.6. The molecule has 0 spiro atoms. The molecule has 8 amide bonds. The number of anilines is 4. The Balaban J connectivity index is 0.000000209. The molecule has 4 aromatic rings. The highest BCUT2D eigenvalue weighted by Gasteiger charge is 2.45. The van der Waals surface area contributed by atoms with E-state index in [1.54, 1.807) is 0 Å². The summed E-state index contributed by atoms with van der Waals surface area (Å²) in [6, 6.07) is 7.48. The number of amides is 8. The highest BCUT2D eigenvalue weighted by molar-refractivity contribution is 6.00. The molecule has 20 nitrogen and oxygen atoms in total. The van der Waals surface area contributed by atoms with Crippen molar-refractivity contribution in [3.63, 3.8) is 0 Å². The molecule has 0 saturated carbocycles. The number of aldehydes is 1. The molecule has 32 heteroatoms. The van der Waals surface area contributed by atoms with Crippen LogP contribution in [0.5, 0.6) is 0 Å². The minimum absolute atomic E-state index is 0.0139. The van der Waals surface area contributed by atoms with Crippen LogP contribution in [0.1, 0.15) is 36.1 Å². The predicted octanol–water partition coefficient (Wildman–Crippen LogP) is 10.9. The number of likely N-dealkylation sites (N-methyl/N-ethyl adjacent to an activating group) is 4. The summed E-state index contributed by atoms with van der Waals surface area (Å²) in [7, 11) is 5.98. The van der Waals surface area contributed by atoms with Gasteiger partial charge in [0.2, 0.25) is 0 Å². The van der Waals surface area contributed by atoms with E-state index in [9.17, 15) is 92.0 Å². The molecule has 4 fully saturated rings. The molecule has 458 valence electrons. The fraction of sp³-hybridized carbons (Fsp3) is 0.389. The van der Waals surface area contributed by atoms with E-state index in [0.717, 1.165) is 68.1 Å². The maximum Gasteiger partial charge on any atom is 0.407 e. The van der Waals surface area contributed by atoms with Gasteiger partial charge in [-0.05, 0) is 62.4 Å². The Bertz CT molecular complexity index is 3290. The van der Waals surface area contributed by atoms with Gasteiger partial charge >= 0.3 is 48.8 Å². The van der Waals surface area contributed by atoms with Crippen molar-refractivity contribution in [1.29, 1.82) is 0 Å². The number of hydrogen-bond acceptors (Lipinski definition) is 8. The van der Waals surface area contributed by atoms with E-state index in [2.05, 4.69) is 19.4 Å². The van der Waals surface area contributed by atoms with Crippen molar-refractivity contribution >= 4 is 75.9 Å². The average molecular weight is 1220 g/mol. The molecule has 4 saturated heterocycles. The summed E-state index contributed by atoms with van der Waals surface area (Å²) >= 11 is 0. The summed E-state index contributed by atoms with van der Waals surface area (Å²) in [6.45, 7) is 30.5. The fourth-order valence-electron chi connectivity index (χ4n) is 9.31. The molecule has 4 heterocycles. The molecule has 86 heavy (non-hydrogen) atoms. The number of carbonyl (C=O) groups is 5. The quantitative estimate of drug-likeness (QED) is 0.0882. The standard InChI is InChI=1S/2C14H14F3N3O2.C13H12F3N3O2.C13H10F3N3O2/c2*1-8(21)12-7-19(3)13(22)20(12)9-4-5-11(18-2)10(6-9)14(15,16)17;2*1-17-11-4-3-8(5-10(11)13(14,15)16)19-9(7-20)6-18(2)12(19)21/h2*4-6,8,12,21H,7H2,1,3H3;3-5,9,20H,6-7H2,2H3;3-5,7,9H,6H2,2H3/t8-,12+;8-,12-;2*9-/m0111/s1. The number of aliphatic hydroxyl groups excluding tert-OH is 3. The smallest absolute Gasteiger partial charge is 0.394 e. The molecule has 4 aromatic carbocycles. The van der Waals surface area contributed by atoms with E-state index in [1.165, 1.54) is 85.9 Å². The van der Waals surface area contributed by atoms with E-state index in [0.29, 0.717) is 6.29 Å². The van der Waals surface area contributed by atoms with Gasteiger partial charge in [0.25, 0.3) is 0 Å². The second-order valence-corrected chi connectivity index (χ2v) is 19.5. The van der Waals surface area contributed by atoms with Crippen LogP contribution in [0.2, 0.25) is 0 Å². The minimum Gasteiger partial charge on any atom is -0.394 e. The fourth-order valence-corrected chi connectivity index (χ4v) is 9.31.